The van der Waals surface area contributed by atoms with E-state index in [1.165, 1.54) is 16.9 Å². The molecule has 5 nitrogen and oxygen atoms in total. The van der Waals surface area contributed by atoms with Crippen molar-refractivity contribution in [3.63, 3.8) is 0 Å². The quantitative estimate of drug-likeness (QED) is 0.802. The van der Waals surface area contributed by atoms with E-state index in [-0.39, 0.29) is 11.5 Å². The zero-order valence-corrected chi connectivity index (χ0v) is 10.8. The van der Waals surface area contributed by atoms with Gasteiger partial charge in [-0.2, -0.15) is 0 Å². The van der Waals surface area contributed by atoms with Crippen LogP contribution in [0.15, 0.2) is 54.7 Å². The molecule has 3 aromatic rings. The predicted octanol–water partition coefficient (Wildman–Crippen LogP) is 2.77. The minimum absolute atomic E-state index is 0.0337. The van der Waals surface area contributed by atoms with Crippen molar-refractivity contribution in [1.29, 1.82) is 0 Å². The van der Waals surface area contributed by atoms with E-state index in [1.54, 1.807) is 42.5 Å². The Bertz CT molecular complexity index is 797. The fourth-order valence-corrected chi connectivity index (χ4v) is 2.05. The zero-order chi connectivity index (χ0) is 14.8. The molecule has 0 aliphatic carbocycles. The Morgan fingerprint density at radius 3 is 2.48 bits per heavy atom. The Morgan fingerprint density at radius 2 is 1.81 bits per heavy atom. The second kappa shape index (κ2) is 5.16. The summed E-state index contributed by atoms with van der Waals surface area (Å²) >= 11 is 0. The number of hydrogen-bond donors (Lipinski definition) is 1. The van der Waals surface area contributed by atoms with E-state index in [0.717, 1.165) is 0 Å². The van der Waals surface area contributed by atoms with Crippen molar-refractivity contribution in [3.8, 4) is 16.8 Å². The number of benzene rings is 2. The molecule has 21 heavy (non-hydrogen) atoms. The number of halogens is 1. The van der Waals surface area contributed by atoms with Gasteiger partial charge in [-0.05, 0) is 23.8 Å². The largest absolute Gasteiger partial charge is 0.476 e. The number of aromatic nitrogens is 3. The molecule has 104 valence electrons. The van der Waals surface area contributed by atoms with E-state index < -0.39 is 5.97 Å². The van der Waals surface area contributed by atoms with Gasteiger partial charge in [0.15, 0.2) is 5.69 Å². The molecular formula is C15H10FN3O2. The maximum absolute atomic E-state index is 13.7. The molecule has 0 unspecified atom stereocenters. The van der Waals surface area contributed by atoms with Crippen LogP contribution in [-0.2, 0) is 0 Å². The average Bonchev–Trinajstić information content (AvgIpc) is 2.98. The second-order valence-electron chi connectivity index (χ2n) is 4.36. The molecule has 0 aliphatic rings. The Hall–Kier alpha value is -3.02. The lowest BCUT2D eigenvalue weighted by molar-refractivity contribution is 0.0687. The van der Waals surface area contributed by atoms with E-state index in [2.05, 4.69) is 10.3 Å². The third-order valence-electron chi connectivity index (χ3n) is 3.07. The van der Waals surface area contributed by atoms with Crippen LogP contribution in [0.25, 0.3) is 16.8 Å². The van der Waals surface area contributed by atoms with Crippen molar-refractivity contribution in [2.45, 2.75) is 0 Å². The van der Waals surface area contributed by atoms with Crippen molar-refractivity contribution < 1.29 is 14.3 Å². The third-order valence-corrected chi connectivity index (χ3v) is 3.07. The summed E-state index contributed by atoms with van der Waals surface area (Å²) in [5.74, 6) is -1.42. The molecule has 1 aromatic heterocycles. The number of rotatable bonds is 3. The summed E-state index contributed by atoms with van der Waals surface area (Å²) in [6.45, 7) is 0. The van der Waals surface area contributed by atoms with E-state index in [4.69, 9.17) is 5.11 Å². The number of hydrogen-bond acceptors (Lipinski definition) is 3. The maximum atomic E-state index is 13.7. The molecule has 1 N–H and O–H groups in total. The molecule has 1 heterocycles. The Kier molecular flexibility index (Phi) is 3.19. The summed E-state index contributed by atoms with van der Waals surface area (Å²) in [5, 5.41) is 16.4. The molecule has 0 aliphatic heterocycles. The molecule has 0 atom stereocenters. The summed E-state index contributed by atoms with van der Waals surface area (Å²) in [6, 6.07) is 13.2. The van der Waals surface area contributed by atoms with Crippen molar-refractivity contribution in [3.05, 3.63) is 66.2 Å². The average molecular weight is 283 g/mol. The first-order chi connectivity index (χ1) is 10.2. The highest BCUT2D eigenvalue weighted by Crippen LogP contribution is 2.23. The van der Waals surface area contributed by atoms with E-state index in [1.807, 2.05) is 0 Å². The van der Waals surface area contributed by atoms with Crippen LogP contribution in [0.2, 0.25) is 0 Å². The molecular weight excluding hydrogens is 273 g/mol. The van der Waals surface area contributed by atoms with Gasteiger partial charge in [-0.1, -0.05) is 35.5 Å². The summed E-state index contributed by atoms with van der Waals surface area (Å²) in [6.07, 6.45) is 1.17. The minimum Gasteiger partial charge on any atom is -0.476 e. The molecule has 0 fully saturated rings. The maximum Gasteiger partial charge on any atom is 0.356 e. The van der Waals surface area contributed by atoms with Crippen LogP contribution in [0.1, 0.15) is 10.5 Å². The summed E-state index contributed by atoms with van der Waals surface area (Å²) in [5.41, 5.74) is 1.70. The van der Waals surface area contributed by atoms with Gasteiger partial charge in [0.1, 0.15) is 5.82 Å². The lowest BCUT2D eigenvalue weighted by atomic mass is 10.0. The number of aromatic carboxylic acids is 1. The number of carboxylic acids is 1. The van der Waals surface area contributed by atoms with Crippen LogP contribution in [-0.4, -0.2) is 26.1 Å². The number of carboxylic acid groups (broad SMARTS) is 1. The van der Waals surface area contributed by atoms with Crippen LogP contribution in [0.3, 0.4) is 0 Å². The van der Waals surface area contributed by atoms with Gasteiger partial charge in [0.25, 0.3) is 0 Å². The van der Waals surface area contributed by atoms with E-state index in [0.29, 0.717) is 16.8 Å². The standard InChI is InChI=1S/C15H10FN3O2/c16-13-4-2-1-3-12(13)10-5-7-11(8-6-10)19-14(15(20)21)9-17-18-19/h1-9H,(H,20,21). The topological polar surface area (TPSA) is 68.0 Å². The highest BCUT2D eigenvalue weighted by atomic mass is 19.1. The molecule has 0 amide bonds. The zero-order valence-electron chi connectivity index (χ0n) is 10.8. The molecule has 0 radical (unpaired) electrons. The molecule has 6 heteroatoms. The van der Waals surface area contributed by atoms with Crippen molar-refractivity contribution in [1.82, 2.24) is 15.0 Å². The Labute approximate surface area is 119 Å². The first-order valence-electron chi connectivity index (χ1n) is 6.16. The molecule has 2 aromatic carbocycles. The van der Waals surface area contributed by atoms with Crippen LogP contribution in [0, 0.1) is 5.82 Å². The molecule has 0 saturated carbocycles. The van der Waals surface area contributed by atoms with Gasteiger partial charge in [0.2, 0.25) is 0 Å². The van der Waals surface area contributed by atoms with Gasteiger partial charge in [-0.25, -0.2) is 13.9 Å². The van der Waals surface area contributed by atoms with Gasteiger partial charge in [-0.15, -0.1) is 5.10 Å². The van der Waals surface area contributed by atoms with Gasteiger partial charge >= 0.3 is 5.97 Å². The van der Waals surface area contributed by atoms with Crippen molar-refractivity contribution in [2.75, 3.05) is 0 Å². The summed E-state index contributed by atoms with van der Waals surface area (Å²) < 4.78 is 14.9. The highest BCUT2D eigenvalue weighted by Gasteiger charge is 2.13. The van der Waals surface area contributed by atoms with Gasteiger partial charge in [-0.3, -0.25) is 0 Å². The van der Waals surface area contributed by atoms with Crippen LogP contribution in [0.5, 0.6) is 0 Å². The smallest absolute Gasteiger partial charge is 0.356 e. The summed E-state index contributed by atoms with van der Waals surface area (Å²) in [4.78, 5) is 11.0. The van der Waals surface area contributed by atoms with Gasteiger partial charge < -0.3 is 5.11 Å². The normalized spacial score (nSPS) is 10.5. The SMILES string of the molecule is O=C(O)c1cnnn1-c1ccc(-c2ccccc2F)cc1. The van der Waals surface area contributed by atoms with Gasteiger partial charge in [0, 0.05) is 5.56 Å². The molecule has 0 spiro atoms. The van der Waals surface area contributed by atoms with Crippen molar-refractivity contribution >= 4 is 5.97 Å². The first kappa shape index (κ1) is 13.0. The molecule has 3 rings (SSSR count). The van der Waals surface area contributed by atoms with Crippen LogP contribution in [0.4, 0.5) is 4.39 Å². The number of carbonyl (C=O) groups is 1. The predicted molar refractivity (Wildman–Crippen MR) is 73.7 cm³/mol. The lowest BCUT2D eigenvalue weighted by Crippen LogP contribution is -2.07. The highest BCUT2D eigenvalue weighted by molar-refractivity contribution is 5.85. The van der Waals surface area contributed by atoms with Crippen LogP contribution < -0.4 is 0 Å². The second-order valence-corrected chi connectivity index (χ2v) is 4.36. The van der Waals surface area contributed by atoms with E-state index in [9.17, 15) is 9.18 Å². The monoisotopic (exact) mass is 283 g/mol. The Morgan fingerprint density at radius 1 is 1.10 bits per heavy atom. The fourth-order valence-electron chi connectivity index (χ4n) is 2.05. The lowest BCUT2D eigenvalue weighted by Gasteiger charge is -2.06. The van der Waals surface area contributed by atoms with Crippen LogP contribution >= 0.6 is 0 Å². The Balaban J connectivity index is 2.00. The molecule has 0 saturated heterocycles. The number of nitrogens with zero attached hydrogens (tertiary/aromatic N) is 3. The van der Waals surface area contributed by atoms with Gasteiger partial charge in [0.05, 0.1) is 11.9 Å². The summed E-state index contributed by atoms with van der Waals surface area (Å²) in [7, 11) is 0. The minimum atomic E-state index is -1.11. The third kappa shape index (κ3) is 2.38. The molecule has 0 bridgehead atoms. The first-order valence-corrected chi connectivity index (χ1v) is 6.16. The van der Waals surface area contributed by atoms with Crippen molar-refractivity contribution in [2.24, 2.45) is 0 Å². The fraction of sp³-hybridized carbons (Fsp3) is 0. The van der Waals surface area contributed by atoms with E-state index >= 15 is 0 Å².